The van der Waals surface area contributed by atoms with Crippen LogP contribution in [-0.4, -0.2) is 6.61 Å². The fraction of sp³-hybridized carbons (Fsp3) is 0.462. The van der Waals surface area contributed by atoms with Crippen molar-refractivity contribution in [3.05, 3.63) is 36.2 Å². The monoisotopic (exact) mass is 189 g/mol. The van der Waals surface area contributed by atoms with Gasteiger partial charge < -0.3 is 4.74 Å². The fourth-order valence-electron chi connectivity index (χ4n) is 1.50. The van der Waals surface area contributed by atoms with Gasteiger partial charge in [-0.2, -0.15) is 0 Å². The molecule has 0 saturated heterocycles. The van der Waals surface area contributed by atoms with Gasteiger partial charge >= 0.3 is 0 Å². The average Bonchev–Trinajstić information content (AvgIpc) is 2.99. The number of benzene rings is 1. The van der Waals surface area contributed by atoms with E-state index in [-0.39, 0.29) is 0 Å². The molecule has 0 spiro atoms. The van der Waals surface area contributed by atoms with Gasteiger partial charge in [0, 0.05) is 0 Å². The minimum atomic E-state index is 0.830. The smallest absolute Gasteiger partial charge is 0.119 e. The van der Waals surface area contributed by atoms with Crippen molar-refractivity contribution in [2.75, 3.05) is 6.61 Å². The van der Waals surface area contributed by atoms with Gasteiger partial charge in [-0.1, -0.05) is 19.1 Å². The van der Waals surface area contributed by atoms with E-state index in [1.165, 1.54) is 18.4 Å². The molecule has 14 heavy (non-hydrogen) atoms. The van der Waals surface area contributed by atoms with Crippen molar-refractivity contribution in [2.45, 2.75) is 26.2 Å². The van der Waals surface area contributed by atoms with Crippen molar-refractivity contribution in [2.24, 2.45) is 5.92 Å². The van der Waals surface area contributed by atoms with E-state index in [0.717, 1.165) is 24.7 Å². The predicted octanol–water partition coefficient (Wildman–Crippen LogP) is 3.24. The Kier molecular flexibility index (Phi) is 3.07. The fourth-order valence-corrected chi connectivity index (χ4v) is 1.50. The summed E-state index contributed by atoms with van der Waals surface area (Å²) in [5, 5.41) is 0. The maximum atomic E-state index is 5.70. The zero-order chi connectivity index (χ0) is 9.80. The minimum Gasteiger partial charge on any atom is -0.493 e. The lowest BCUT2D eigenvalue weighted by Crippen LogP contribution is -1.99. The third-order valence-corrected chi connectivity index (χ3v) is 2.52. The van der Waals surface area contributed by atoms with E-state index in [9.17, 15) is 0 Å². The summed E-state index contributed by atoms with van der Waals surface area (Å²) in [6.45, 7) is 2.98. The number of rotatable bonds is 5. The Morgan fingerprint density at radius 1 is 1.43 bits per heavy atom. The van der Waals surface area contributed by atoms with E-state index < -0.39 is 0 Å². The molecule has 1 aliphatic carbocycles. The highest BCUT2D eigenvalue weighted by atomic mass is 16.5. The highest BCUT2D eigenvalue weighted by molar-refractivity contribution is 5.29. The molecule has 1 aromatic carbocycles. The van der Waals surface area contributed by atoms with Gasteiger partial charge in [0.1, 0.15) is 5.75 Å². The van der Waals surface area contributed by atoms with Crippen LogP contribution in [0.5, 0.6) is 5.75 Å². The Balaban J connectivity index is 1.90. The highest BCUT2D eigenvalue weighted by Gasteiger charge is 2.21. The van der Waals surface area contributed by atoms with E-state index in [4.69, 9.17) is 4.74 Å². The summed E-state index contributed by atoms with van der Waals surface area (Å²) in [6.07, 6.45) is 5.89. The van der Waals surface area contributed by atoms with Crippen LogP contribution in [0.3, 0.4) is 0 Å². The van der Waals surface area contributed by atoms with E-state index in [1.54, 1.807) is 0 Å². The molecule has 0 aliphatic heterocycles. The molecule has 0 aromatic heterocycles. The summed E-state index contributed by atoms with van der Waals surface area (Å²) < 4.78 is 5.70. The van der Waals surface area contributed by atoms with Crippen LogP contribution in [0.2, 0.25) is 0 Å². The Morgan fingerprint density at radius 2 is 2.29 bits per heavy atom. The Morgan fingerprint density at radius 3 is 3.00 bits per heavy atom. The maximum absolute atomic E-state index is 5.70. The van der Waals surface area contributed by atoms with Gasteiger partial charge in [-0.15, -0.1) is 0 Å². The summed E-state index contributed by atoms with van der Waals surface area (Å²) in [4.78, 5) is 0. The molecule has 0 N–H and O–H groups in total. The topological polar surface area (TPSA) is 9.23 Å². The number of ether oxygens (including phenoxy) is 1. The average molecular weight is 189 g/mol. The molecule has 1 aliphatic rings. The second kappa shape index (κ2) is 4.50. The van der Waals surface area contributed by atoms with Crippen molar-refractivity contribution in [1.82, 2.24) is 0 Å². The van der Waals surface area contributed by atoms with Crippen LogP contribution in [0.25, 0.3) is 0 Å². The summed E-state index contributed by atoms with van der Waals surface area (Å²) in [6, 6.07) is 8.40. The Bertz CT molecular complexity index is 289. The van der Waals surface area contributed by atoms with Gasteiger partial charge in [0.15, 0.2) is 0 Å². The van der Waals surface area contributed by atoms with E-state index in [1.807, 2.05) is 6.07 Å². The lowest BCUT2D eigenvalue weighted by molar-refractivity contribution is 0.299. The molecule has 1 saturated carbocycles. The van der Waals surface area contributed by atoms with Crippen molar-refractivity contribution in [3.8, 4) is 5.75 Å². The van der Waals surface area contributed by atoms with Crippen molar-refractivity contribution >= 4 is 0 Å². The van der Waals surface area contributed by atoms with Crippen LogP contribution in [0.1, 0.15) is 25.3 Å². The largest absolute Gasteiger partial charge is 0.493 e. The maximum Gasteiger partial charge on any atom is 0.119 e. The SMILES string of the molecule is C[CH]Cc1cccc(OCC2CC2)c1. The summed E-state index contributed by atoms with van der Waals surface area (Å²) in [5.74, 6) is 1.85. The summed E-state index contributed by atoms with van der Waals surface area (Å²) in [5.41, 5.74) is 1.33. The molecule has 1 radical (unpaired) electrons. The van der Waals surface area contributed by atoms with E-state index >= 15 is 0 Å². The molecule has 1 fully saturated rings. The molecule has 0 amide bonds. The van der Waals surface area contributed by atoms with Gasteiger partial charge in [0.25, 0.3) is 0 Å². The van der Waals surface area contributed by atoms with Crippen molar-refractivity contribution in [1.29, 1.82) is 0 Å². The number of hydrogen-bond acceptors (Lipinski definition) is 1. The molecule has 75 valence electrons. The van der Waals surface area contributed by atoms with Gasteiger partial charge in [-0.25, -0.2) is 0 Å². The first-order chi connectivity index (χ1) is 6.88. The van der Waals surface area contributed by atoms with Crippen LogP contribution in [-0.2, 0) is 6.42 Å². The van der Waals surface area contributed by atoms with E-state index in [0.29, 0.717) is 0 Å². The first-order valence-electron chi connectivity index (χ1n) is 5.38. The van der Waals surface area contributed by atoms with Crippen LogP contribution in [0, 0.1) is 12.3 Å². The minimum absolute atomic E-state index is 0.830. The van der Waals surface area contributed by atoms with Crippen LogP contribution >= 0.6 is 0 Å². The summed E-state index contributed by atoms with van der Waals surface area (Å²) >= 11 is 0. The molecule has 0 bridgehead atoms. The van der Waals surface area contributed by atoms with E-state index in [2.05, 4.69) is 31.5 Å². The van der Waals surface area contributed by atoms with Crippen LogP contribution < -0.4 is 4.74 Å². The third kappa shape index (κ3) is 2.76. The summed E-state index contributed by atoms with van der Waals surface area (Å²) in [7, 11) is 0. The highest BCUT2D eigenvalue weighted by Crippen LogP contribution is 2.29. The van der Waals surface area contributed by atoms with Crippen molar-refractivity contribution < 1.29 is 4.74 Å². The molecule has 1 heteroatoms. The molecule has 0 heterocycles. The predicted molar refractivity (Wildman–Crippen MR) is 58.3 cm³/mol. The van der Waals surface area contributed by atoms with Crippen LogP contribution in [0.15, 0.2) is 24.3 Å². The van der Waals surface area contributed by atoms with Gasteiger partial charge in [-0.05, 0) is 49.3 Å². The standard InChI is InChI=1S/C13H17O/c1-2-4-11-5-3-6-13(9-11)14-10-12-7-8-12/h2-3,5-6,9,12H,4,7-8,10H2,1H3. The van der Waals surface area contributed by atoms with Gasteiger partial charge in [0.2, 0.25) is 0 Å². The van der Waals surface area contributed by atoms with Gasteiger partial charge in [0.05, 0.1) is 6.61 Å². The second-order valence-electron chi connectivity index (χ2n) is 4.01. The zero-order valence-corrected chi connectivity index (χ0v) is 8.70. The zero-order valence-electron chi connectivity index (χ0n) is 8.70. The van der Waals surface area contributed by atoms with Gasteiger partial charge in [-0.3, -0.25) is 0 Å². The Hall–Kier alpha value is -0.980. The quantitative estimate of drug-likeness (QED) is 0.691. The molecule has 1 aromatic rings. The Labute approximate surface area is 86.1 Å². The molecular formula is C13H17O. The third-order valence-electron chi connectivity index (χ3n) is 2.52. The van der Waals surface area contributed by atoms with Crippen molar-refractivity contribution in [3.63, 3.8) is 0 Å². The van der Waals surface area contributed by atoms with Crippen LogP contribution in [0.4, 0.5) is 0 Å². The molecule has 2 rings (SSSR count). The molecule has 0 atom stereocenters. The normalized spacial score (nSPS) is 15.5. The first kappa shape index (κ1) is 9.57. The molecule has 1 nitrogen and oxygen atoms in total. The number of hydrogen-bond donors (Lipinski definition) is 0. The lowest BCUT2D eigenvalue weighted by atomic mass is 10.1. The lowest BCUT2D eigenvalue weighted by Gasteiger charge is -2.06. The first-order valence-corrected chi connectivity index (χ1v) is 5.38. The molecular weight excluding hydrogens is 172 g/mol. The second-order valence-corrected chi connectivity index (χ2v) is 4.01. The molecule has 0 unspecified atom stereocenters.